The van der Waals surface area contributed by atoms with Crippen molar-refractivity contribution in [3.63, 3.8) is 0 Å². The summed E-state index contributed by atoms with van der Waals surface area (Å²) in [6.07, 6.45) is 2.52. The predicted octanol–water partition coefficient (Wildman–Crippen LogP) is 0.345. The first-order valence-electron chi connectivity index (χ1n) is 6.70. The average Bonchev–Trinajstić information content (AvgIpc) is 3.02. The normalized spacial score (nSPS) is 21.9. The van der Waals surface area contributed by atoms with Gasteiger partial charge in [-0.15, -0.1) is 0 Å². The number of hydrogen-bond acceptors (Lipinski definition) is 4. The maximum atomic E-state index is 12.1. The standard InChI is InChI=1S/C13H19N3O4/c1-3-10-9(7-16(2)15-10)12(17)14-6-8-4-5-11(20-8)13(18)19/h7-8,11H,3-6H2,1-2H3,(H,14,17)(H,18,19). The van der Waals surface area contributed by atoms with Crippen LogP contribution in [0.15, 0.2) is 6.20 Å². The zero-order chi connectivity index (χ0) is 14.7. The van der Waals surface area contributed by atoms with Crippen molar-refractivity contribution < 1.29 is 19.4 Å². The van der Waals surface area contributed by atoms with Crippen LogP contribution < -0.4 is 5.32 Å². The van der Waals surface area contributed by atoms with Crippen LogP contribution in [0.3, 0.4) is 0 Å². The van der Waals surface area contributed by atoms with Gasteiger partial charge in [0.1, 0.15) is 0 Å². The highest BCUT2D eigenvalue weighted by atomic mass is 16.5. The zero-order valence-corrected chi connectivity index (χ0v) is 11.6. The summed E-state index contributed by atoms with van der Waals surface area (Å²) in [5.41, 5.74) is 1.31. The molecule has 0 aliphatic carbocycles. The van der Waals surface area contributed by atoms with Crippen LogP contribution in [0, 0.1) is 0 Å². The molecule has 1 aromatic heterocycles. The number of carbonyl (C=O) groups is 2. The maximum absolute atomic E-state index is 12.1. The van der Waals surface area contributed by atoms with Gasteiger partial charge in [0.2, 0.25) is 0 Å². The van der Waals surface area contributed by atoms with Gasteiger partial charge in [-0.1, -0.05) is 6.92 Å². The topological polar surface area (TPSA) is 93.5 Å². The van der Waals surface area contributed by atoms with Crippen molar-refractivity contribution in [3.8, 4) is 0 Å². The Kier molecular flexibility index (Phi) is 4.39. The lowest BCUT2D eigenvalue weighted by atomic mass is 10.1. The molecule has 1 aromatic rings. The molecule has 0 radical (unpaired) electrons. The molecule has 0 aromatic carbocycles. The number of hydrogen-bond donors (Lipinski definition) is 2. The van der Waals surface area contributed by atoms with E-state index < -0.39 is 12.1 Å². The Bertz CT molecular complexity index is 512. The largest absolute Gasteiger partial charge is 0.479 e. The van der Waals surface area contributed by atoms with Crippen molar-refractivity contribution in [1.82, 2.24) is 15.1 Å². The fourth-order valence-corrected chi connectivity index (χ4v) is 2.32. The van der Waals surface area contributed by atoms with Gasteiger partial charge in [0.25, 0.3) is 5.91 Å². The summed E-state index contributed by atoms with van der Waals surface area (Å²) in [5.74, 6) is -1.14. The Morgan fingerprint density at radius 3 is 2.90 bits per heavy atom. The van der Waals surface area contributed by atoms with Crippen molar-refractivity contribution in [1.29, 1.82) is 0 Å². The SMILES string of the molecule is CCc1nn(C)cc1C(=O)NCC1CCC(C(=O)O)O1. The molecule has 2 heterocycles. The second kappa shape index (κ2) is 6.04. The van der Waals surface area contributed by atoms with Crippen LogP contribution in [-0.4, -0.2) is 45.5 Å². The van der Waals surface area contributed by atoms with Gasteiger partial charge in [-0.25, -0.2) is 4.79 Å². The third-order valence-electron chi connectivity index (χ3n) is 3.36. The quantitative estimate of drug-likeness (QED) is 0.812. The highest BCUT2D eigenvalue weighted by Crippen LogP contribution is 2.19. The summed E-state index contributed by atoms with van der Waals surface area (Å²) in [7, 11) is 1.77. The van der Waals surface area contributed by atoms with Gasteiger partial charge in [-0.05, 0) is 19.3 Å². The minimum Gasteiger partial charge on any atom is -0.479 e. The number of aromatic nitrogens is 2. The monoisotopic (exact) mass is 281 g/mol. The molecule has 0 saturated carbocycles. The van der Waals surface area contributed by atoms with E-state index in [-0.39, 0.29) is 12.0 Å². The fraction of sp³-hybridized carbons (Fsp3) is 0.615. The van der Waals surface area contributed by atoms with Gasteiger partial charge in [0.05, 0.1) is 17.4 Å². The van der Waals surface area contributed by atoms with Crippen molar-refractivity contribution in [2.75, 3.05) is 6.54 Å². The van der Waals surface area contributed by atoms with Crippen molar-refractivity contribution in [2.45, 2.75) is 38.4 Å². The smallest absolute Gasteiger partial charge is 0.332 e. The summed E-state index contributed by atoms with van der Waals surface area (Å²) < 4.78 is 6.95. The first kappa shape index (κ1) is 14.5. The van der Waals surface area contributed by atoms with E-state index in [9.17, 15) is 9.59 Å². The molecular weight excluding hydrogens is 262 g/mol. The molecule has 7 heteroatoms. The van der Waals surface area contributed by atoms with E-state index in [1.54, 1.807) is 17.9 Å². The molecule has 20 heavy (non-hydrogen) atoms. The molecule has 2 rings (SSSR count). The lowest BCUT2D eigenvalue weighted by Gasteiger charge is -2.12. The van der Waals surface area contributed by atoms with Crippen LogP contribution in [0.2, 0.25) is 0 Å². The van der Waals surface area contributed by atoms with E-state index in [2.05, 4.69) is 10.4 Å². The van der Waals surface area contributed by atoms with Crippen LogP contribution in [0.1, 0.15) is 35.8 Å². The first-order valence-corrected chi connectivity index (χ1v) is 6.70. The molecular formula is C13H19N3O4. The van der Waals surface area contributed by atoms with Crippen molar-refractivity contribution >= 4 is 11.9 Å². The van der Waals surface area contributed by atoms with E-state index in [0.29, 0.717) is 31.4 Å². The van der Waals surface area contributed by atoms with Crippen LogP contribution in [0.25, 0.3) is 0 Å². The Morgan fingerprint density at radius 1 is 1.55 bits per heavy atom. The molecule has 0 spiro atoms. The third kappa shape index (κ3) is 3.16. The number of amides is 1. The third-order valence-corrected chi connectivity index (χ3v) is 3.36. The van der Waals surface area contributed by atoms with Gasteiger partial charge in [0.15, 0.2) is 6.10 Å². The summed E-state index contributed by atoms with van der Waals surface area (Å²) >= 11 is 0. The van der Waals surface area contributed by atoms with E-state index in [0.717, 1.165) is 5.69 Å². The van der Waals surface area contributed by atoms with Gasteiger partial charge < -0.3 is 15.2 Å². The van der Waals surface area contributed by atoms with Gasteiger partial charge in [-0.3, -0.25) is 9.48 Å². The van der Waals surface area contributed by atoms with Crippen LogP contribution in [0.4, 0.5) is 0 Å². The first-order chi connectivity index (χ1) is 9.51. The molecule has 2 atom stereocenters. The molecule has 7 nitrogen and oxygen atoms in total. The van der Waals surface area contributed by atoms with Crippen molar-refractivity contribution in [2.24, 2.45) is 7.05 Å². The second-order valence-electron chi connectivity index (χ2n) is 4.89. The minimum atomic E-state index is -0.945. The maximum Gasteiger partial charge on any atom is 0.332 e. The minimum absolute atomic E-state index is 0.197. The molecule has 1 saturated heterocycles. The van der Waals surface area contributed by atoms with E-state index in [4.69, 9.17) is 9.84 Å². The molecule has 1 aliphatic rings. The molecule has 1 amide bonds. The Balaban J connectivity index is 1.88. The number of ether oxygens (including phenoxy) is 1. The lowest BCUT2D eigenvalue weighted by Crippen LogP contribution is -2.33. The van der Waals surface area contributed by atoms with E-state index in [1.807, 2.05) is 6.92 Å². The van der Waals surface area contributed by atoms with E-state index >= 15 is 0 Å². The molecule has 110 valence electrons. The highest BCUT2D eigenvalue weighted by Gasteiger charge is 2.30. The number of aryl methyl sites for hydroxylation is 2. The van der Waals surface area contributed by atoms with Gasteiger partial charge in [-0.2, -0.15) is 5.10 Å². The van der Waals surface area contributed by atoms with E-state index in [1.165, 1.54) is 0 Å². The molecule has 2 N–H and O–H groups in total. The zero-order valence-electron chi connectivity index (χ0n) is 11.6. The van der Waals surface area contributed by atoms with Crippen LogP contribution >= 0.6 is 0 Å². The summed E-state index contributed by atoms with van der Waals surface area (Å²) in [5, 5.41) is 15.8. The molecule has 0 bridgehead atoms. The summed E-state index contributed by atoms with van der Waals surface area (Å²) in [6, 6.07) is 0. The van der Waals surface area contributed by atoms with Gasteiger partial charge in [0, 0.05) is 19.8 Å². The second-order valence-corrected chi connectivity index (χ2v) is 4.89. The number of carboxylic acid groups (broad SMARTS) is 1. The number of carboxylic acids is 1. The highest BCUT2D eigenvalue weighted by molar-refractivity contribution is 5.95. The number of aliphatic carboxylic acids is 1. The predicted molar refractivity (Wildman–Crippen MR) is 70.5 cm³/mol. The van der Waals surface area contributed by atoms with Gasteiger partial charge >= 0.3 is 5.97 Å². The summed E-state index contributed by atoms with van der Waals surface area (Å²) in [6.45, 7) is 2.26. The number of rotatable bonds is 5. The van der Waals surface area contributed by atoms with Crippen LogP contribution in [0.5, 0.6) is 0 Å². The Labute approximate surface area is 116 Å². The summed E-state index contributed by atoms with van der Waals surface area (Å²) in [4.78, 5) is 22.8. The average molecular weight is 281 g/mol. The number of carbonyl (C=O) groups excluding carboxylic acids is 1. The molecule has 2 unspecified atom stereocenters. The fourth-order valence-electron chi connectivity index (χ4n) is 2.32. The lowest BCUT2D eigenvalue weighted by molar-refractivity contribution is -0.149. The molecule has 1 aliphatic heterocycles. The number of nitrogens with zero attached hydrogens (tertiary/aromatic N) is 2. The van der Waals surface area contributed by atoms with Crippen molar-refractivity contribution in [3.05, 3.63) is 17.5 Å². The Morgan fingerprint density at radius 2 is 2.30 bits per heavy atom. The Hall–Kier alpha value is -1.89. The van der Waals surface area contributed by atoms with Crippen LogP contribution in [-0.2, 0) is 23.0 Å². The number of nitrogens with one attached hydrogen (secondary N) is 1. The molecule has 1 fully saturated rings.